The molecule has 0 atom stereocenters. The van der Waals surface area contributed by atoms with Crippen molar-refractivity contribution in [2.45, 2.75) is 20.4 Å². The third-order valence-corrected chi connectivity index (χ3v) is 4.47. The smallest absolute Gasteiger partial charge is 0.253 e. The van der Waals surface area contributed by atoms with E-state index in [1.165, 1.54) is 0 Å². The number of hydrogen-bond acceptors (Lipinski definition) is 2. The van der Waals surface area contributed by atoms with Gasteiger partial charge in [0.25, 0.3) is 5.91 Å². The van der Waals surface area contributed by atoms with Crippen molar-refractivity contribution < 1.29 is 9.59 Å². The van der Waals surface area contributed by atoms with Gasteiger partial charge in [-0.15, -0.1) is 0 Å². The van der Waals surface area contributed by atoms with Crippen LogP contribution in [0.2, 0.25) is 0 Å². The van der Waals surface area contributed by atoms with E-state index in [1.807, 2.05) is 42.6 Å². The van der Waals surface area contributed by atoms with Crippen molar-refractivity contribution in [3.8, 4) is 11.1 Å². The highest BCUT2D eigenvalue weighted by atomic mass is 16.2. The van der Waals surface area contributed by atoms with Crippen LogP contribution in [0.3, 0.4) is 0 Å². The van der Waals surface area contributed by atoms with Crippen LogP contribution in [-0.2, 0) is 6.54 Å². The highest BCUT2D eigenvalue weighted by Crippen LogP contribution is 2.28. The van der Waals surface area contributed by atoms with E-state index in [4.69, 9.17) is 0 Å². The first kappa shape index (κ1) is 17.0. The second-order valence-electron chi connectivity index (χ2n) is 6.39. The molecule has 25 heavy (non-hydrogen) atoms. The lowest BCUT2D eigenvalue weighted by molar-refractivity contribution is 0.0827. The zero-order chi connectivity index (χ0) is 18.1. The van der Waals surface area contributed by atoms with Crippen LogP contribution in [0.1, 0.15) is 34.6 Å². The van der Waals surface area contributed by atoms with E-state index in [-0.39, 0.29) is 11.7 Å². The highest BCUT2D eigenvalue weighted by Gasteiger charge is 2.13. The van der Waals surface area contributed by atoms with Gasteiger partial charge >= 0.3 is 0 Å². The summed E-state index contributed by atoms with van der Waals surface area (Å²) in [6, 6.07) is 13.8. The van der Waals surface area contributed by atoms with E-state index < -0.39 is 0 Å². The summed E-state index contributed by atoms with van der Waals surface area (Å²) in [5.74, 6) is 0.0736. The molecule has 128 valence electrons. The van der Waals surface area contributed by atoms with Gasteiger partial charge in [0, 0.05) is 48.9 Å². The Morgan fingerprint density at radius 3 is 2.20 bits per heavy atom. The number of Topliss-reactive ketones (excluding diaryl/α,β-unsaturated/α-hetero) is 1. The van der Waals surface area contributed by atoms with Crippen LogP contribution >= 0.6 is 0 Å². The van der Waals surface area contributed by atoms with Gasteiger partial charge in [-0.1, -0.05) is 24.3 Å². The molecule has 1 aromatic heterocycles. The average Bonchev–Trinajstić information content (AvgIpc) is 2.99. The summed E-state index contributed by atoms with van der Waals surface area (Å²) in [7, 11) is 3.49. The Bertz CT molecular complexity index is 950. The van der Waals surface area contributed by atoms with Gasteiger partial charge < -0.3 is 9.47 Å². The van der Waals surface area contributed by atoms with Crippen LogP contribution in [0.5, 0.6) is 0 Å². The standard InChI is InChI=1S/C21H22N2O2/c1-5-23-13-19(14(2)24)18-11-10-17(12-20(18)23)15-6-8-16(9-7-15)21(25)22(3)4/h6-13H,5H2,1-4H3. The summed E-state index contributed by atoms with van der Waals surface area (Å²) in [4.78, 5) is 25.4. The molecule has 4 nitrogen and oxygen atoms in total. The number of hydrogen-bond donors (Lipinski definition) is 0. The lowest BCUT2D eigenvalue weighted by Crippen LogP contribution is -2.21. The molecule has 0 saturated carbocycles. The number of carbonyl (C=O) groups excluding carboxylic acids is 2. The first-order chi connectivity index (χ1) is 11.9. The number of amides is 1. The van der Waals surface area contributed by atoms with Gasteiger partial charge in [0.1, 0.15) is 0 Å². The quantitative estimate of drug-likeness (QED) is 0.670. The van der Waals surface area contributed by atoms with Gasteiger partial charge in [0.2, 0.25) is 0 Å². The molecule has 0 aliphatic carbocycles. The number of ketones is 1. The van der Waals surface area contributed by atoms with Gasteiger partial charge in [-0.25, -0.2) is 0 Å². The molecule has 0 bridgehead atoms. The van der Waals surface area contributed by atoms with Crippen molar-refractivity contribution in [1.29, 1.82) is 0 Å². The van der Waals surface area contributed by atoms with Gasteiger partial charge in [0.15, 0.2) is 5.78 Å². The largest absolute Gasteiger partial charge is 0.347 e. The second-order valence-corrected chi connectivity index (χ2v) is 6.39. The number of nitrogens with zero attached hydrogens (tertiary/aromatic N) is 2. The van der Waals surface area contributed by atoms with Gasteiger partial charge in [0.05, 0.1) is 0 Å². The Kier molecular flexibility index (Phi) is 4.45. The molecule has 0 aliphatic heterocycles. The molecule has 0 aliphatic rings. The minimum atomic E-state index is -0.00652. The summed E-state index contributed by atoms with van der Waals surface area (Å²) in [5.41, 5.74) is 4.60. The Balaban J connectivity index is 2.05. The normalized spacial score (nSPS) is 10.9. The SMILES string of the molecule is CCn1cc(C(C)=O)c2ccc(-c3ccc(C(=O)N(C)C)cc3)cc21. The van der Waals surface area contributed by atoms with Crippen molar-refractivity contribution in [3.05, 3.63) is 59.8 Å². The Labute approximate surface area is 147 Å². The number of aryl methyl sites for hydroxylation is 1. The molecular formula is C21H22N2O2. The zero-order valence-corrected chi connectivity index (χ0v) is 15.0. The molecule has 0 spiro atoms. The number of rotatable bonds is 4. The van der Waals surface area contributed by atoms with Crippen molar-refractivity contribution >= 4 is 22.6 Å². The summed E-state index contributed by atoms with van der Waals surface area (Å²) in [6.45, 7) is 4.48. The summed E-state index contributed by atoms with van der Waals surface area (Å²) >= 11 is 0. The second kappa shape index (κ2) is 6.55. The summed E-state index contributed by atoms with van der Waals surface area (Å²) in [6.07, 6.45) is 1.93. The predicted octanol–water partition coefficient (Wildman–Crippen LogP) is 4.23. The van der Waals surface area contributed by atoms with E-state index in [2.05, 4.69) is 17.6 Å². The van der Waals surface area contributed by atoms with Crippen molar-refractivity contribution in [1.82, 2.24) is 9.47 Å². The molecule has 0 unspecified atom stereocenters. The minimum Gasteiger partial charge on any atom is -0.347 e. The Morgan fingerprint density at radius 1 is 1.00 bits per heavy atom. The number of fused-ring (bicyclic) bond motifs is 1. The van der Waals surface area contributed by atoms with Crippen LogP contribution in [0.4, 0.5) is 0 Å². The molecule has 0 radical (unpaired) electrons. The van der Waals surface area contributed by atoms with Crippen LogP contribution in [-0.4, -0.2) is 35.3 Å². The van der Waals surface area contributed by atoms with Crippen LogP contribution < -0.4 is 0 Å². The fourth-order valence-corrected chi connectivity index (χ4v) is 3.08. The summed E-state index contributed by atoms with van der Waals surface area (Å²) in [5, 5.41) is 0.984. The topological polar surface area (TPSA) is 42.3 Å². The summed E-state index contributed by atoms with van der Waals surface area (Å²) < 4.78 is 2.10. The number of carbonyl (C=O) groups is 2. The maximum Gasteiger partial charge on any atom is 0.253 e. The van der Waals surface area contributed by atoms with Gasteiger partial charge in [-0.05, 0) is 43.2 Å². The monoisotopic (exact) mass is 334 g/mol. The Morgan fingerprint density at radius 2 is 1.64 bits per heavy atom. The van der Waals surface area contributed by atoms with E-state index in [1.54, 1.807) is 25.9 Å². The maximum absolute atomic E-state index is 12.0. The molecular weight excluding hydrogens is 312 g/mol. The molecule has 0 saturated heterocycles. The fraction of sp³-hybridized carbons (Fsp3) is 0.238. The number of benzene rings is 2. The van der Waals surface area contributed by atoms with Crippen LogP contribution in [0.15, 0.2) is 48.7 Å². The fourth-order valence-electron chi connectivity index (χ4n) is 3.08. The zero-order valence-electron chi connectivity index (χ0n) is 15.0. The third-order valence-electron chi connectivity index (χ3n) is 4.47. The highest BCUT2D eigenvalue weighted by molar-refractivity contribution is 6.07. The lowest BCUT2D eigenvalue weighted by atomic mass is 10.0. The lowest BCUT2D eigenvalue weighted by Gasteiger charge is -2.11. The molecule has 4 heteroatoms. The molecule has 3 rings (SSSR count). The van der Waals surface area contributed by atoms with Crippen molar-refractivity contribution in [2.75, 3.05) is 14.1 Å². The van der Waals surface area contributed by atoms with Crippen molar-refractivity contribution in [3.63, 3.8) is 0 Å². The molecule has 0 N–H and O–H groups in total. The van der Waals surface area contributed by atoms with Crippen LogP contribution in [0, 0.1) is 0 Å². The molecule has 0 fully saturated rings. The molecule has 1 heterocycles. The molecule has 1 amide bonds. The predicted molar refractivity (Wildman–Crippen MR) is 101 cm³/mol. The van der Waals surface area contributed by atoms with E-state index in [0.717, 1.165) is 34.1 Å². The van der Waals surface area contributed by atoms with E-state index >= 15 is 0 Å². The maximum atomic E-state index is 12.0. The van der Waals surface area contributed by atoms with E-state index in [0.29, 0.717) is 5.56 Å². The minimum absolute atomic E-state index is 0.00652. The van der Waals surface area contributed by atoms with Crippen molar-refractivity contribution in [2.24, 2.45) is 0 Å². The molecule has 3 aromatic rings. The van der Waals surface area contributed by atoms with Gasteiger partial charge in [-0.3, -0.25) is 9.59 Å². The Hall–Kier alpha value is -2.88. The first-order valence-corrected chi connectivity index (χ1v) is 8.38. The van der Waals surface area contributed by atoms with Crippen LogP contribution in [0.25, 0.3) is 22.0 Å². The average molecular weight is 334 g/mol. The number of aromatic nitrogens is 1. The first-order valence-electron chi connectivity index (χ1n) is 8.38. The third kappa shape index (κ3) is 3.07. The van der Waals surface area contributed by atoms with E-state index in [9.17, 15) is 9.59 Å². The van der Waals surface area contributed by atoms with Gasteiger partial charge in [-0.2, -0.15) is 0 Å². The molecule has 2 aromatic carbocycles.